The van der Waals surface area contributed by atoms with Gasteiger partial charge in [-0.05, 0) is 43.7 Å². The Kier molecular flexibility index (Phi) is 5.80. The number of benzene rings is 1. The van der Waals surface area contributed by atoms with Crippen LogP contribution >= 0.6 is 0 Å². The Bertz CT molecular complexity index is 778. The highest BCUT2D eigenvalue weighted by Gasteiger charge is 2.09. The van der Waals surface area contributed by atoms with Crippen molar-refractivity contribution >= 4 is 5.82 Å². The standard InChI is InChI=1S/C20H25N5/c1-3-24(4-2)20-18(9-6-11-22-20)16-21-15-17-8-5-10-19(14-17)25-13-7-12-23-25/h5-14,21H,3-4,15-16H2,1-2H3. The fourth-order valence-electron chi connectivity index (χ4n) is 2.95. The molecule has 0 saturated heterocycles. The van der Waals surface area contributed by atoms with Crippen LogP contribution in [0.1, 0.15) is 25.0 Å². The van der Waals surface area contributed by atoms with Crippen molar-refractivity contribution in [2.24, 2.45) is 0 Å². The normalized spacial score (nSPS) is 10.8. The van der Waals surface area contributed by atoms with Crippen LogP contribution in [0.2, 0.25) is 0 Å². The molecule has 3 rings (SSSR count). The molecule has 3 aromatic rings. The molecule has 0 saturated carbocycles. The largest absolute Gasteiger partial charge is 0.357 e. The Morgan fingerprint density at radius 3 is 2.64 bits per heavy atom. The molecule has 0 fully saturated rings. The number of nitrogens with zero attached hydrogens (tertiary/aromatic N) is 4. The molecule has 25 heavy (non-hydrogen) atoms. The van der Waals surface area contributed by atoms with Crippen LogP contribution in [-0.4, -0.2) is 27.9 Å². The van der Waals surface area contributed by atoms with E-state index in [0.717, 1.165) is 37.7 Å². The van der Waals surface area contributed by atoms with Gasteiger partial charge in [0.1, 0.15) is 5.82 Å². The summed E-state index contributed by atoms with van der Waals surface area (Å²) in [6.07, 6.45) is 5.62. The van der Waals surface area contributed by atoms with E-state index in [1.54, 1.807) is 6.20 Å². The van der Waals surface area contributed by atoms with E-state index >= 15 is 0 Å². The number of pyridine rings is 1. The fourth-order valence-corrected chi connectivity index (χ4v) is 2.95. The summed E-state index contributed by atoms with van der Waals surface area (Å²) in [7, 11) is 0. The molecular formula is C20H25N5. The van der Waals surface area contributed by atoms with Gasteiger partial charge in [-0.2, -0.15) is 5.10 Å². The van der Waals surface area contributed by atoms with Crippen LogP contribution in [0.5, 0.6) is 0 Å². The van der Waals surface area contributed by atoms with Crippen LogP contribution < -0.4 is 10.2 Å². The topological polar surface area (TPSA) is 46.0 Å². The molecule has 5 heteroatoms. The summed E-state index contributed by atoms with van der Waals surface area (Å²) in [4.78, 5) is 6.86. The van der Waals surface area contributed by atoms with E-state index in [9.17, 15) is 0 Å². The number of aromatic nitrogens is 3. The highest BCUT2D eigenvalue weighted by molar-refractivity contribution is 5.46. The second-order valence-corrected chi connectivity index (χ2v) is 5.88. The SMILES string of the molecule is CCN(CC)c1ncccc1CNCc1cccc(-n2cccn2)c1. The van der Waals surface area contributed by atoms with E-state index < -0.39 is 0 Å². The minimum atomic E-state index is 0.797. The summed E-state index contributed by atoms with van der Waals surface area (Å²) >= 11 is 0. The minimum absolute atomic E-state index is 0.797. The Morgan fingerprint density at radius 1 is 1.00 bits per heavy atom. The predicted octanol–water partition coefficient (Wildman–Crippen LogP) is 3.40. The lowest BCUT2D eigenvalue weighted by Crippen LogP contribution is -2.25. The molecule has 0 atom stereocenters. The highest BCUT2D eigenvalue weighted by atomic mass is 15.3. The lowest BCUT2D eigenvalue weighted by Gasteiger charge is -2.22. The van der Waals surface area contributed by atoms with E-state index in [1.165, 1.54) is 11.1 Å². The summed E-state index contributed by atoms with van der Waals surface area (Å²) in [6.45, 7) is 7.86. The van der Waals surface area contributed by atoms with Crippen molar-refractivity contribution < 1.29 is 0 Å². The maximum Gasteiger partial charge on any atom is 0.132 e. The molecule has 5 nitrogen and oxygen atoms in total. The monoisotopic (exact) mass is 335 g/mol. The molecule has 130 valence electrons. The molecule has 2 aromatic heterocycles. The molecule has 1 aromatic carbocycles. The van der Waals surface area contributed by atoms with Gasteiger partial charge >= 0.3 is 0 Å². The number of hydrogen-bond acceptors (Lipinski definition) is 4. The Labute approximate surface area is 149 Å². The van der Waals surface area contributed by atoms with Gasteiger partial charge in [0.05, 0.1) is 5.69 Å². The first kappa shape index (κ1) is 17.2. The predicted molar refractivity (Wildman–Crippen MR) is 102 cm³/mol. The first-order chi connectivity index (χ1) is 12.3. The van der Waals surface area contributed by atoms with E-state index in [0.29, 0.717) is 0 Å². The molecule has 1 N–H and O–H groups in total. The van der Waals surface area contributed by atoms with Gasteiger partial charge in [-0.3, -0.25) is 0 Å². The first-order valence-corrected chi connectivity index (χ1v) is 8.80. The Hall–Kier alpha value is -2.66. The molecule has 0 radical (unpaired) electrons. The van der Waals surface area contributed by atoms with Gasteiger partial charge < -0.3 is 10.2 Å². The molecule has 0 amide bonds. The fraction of sp³-hybridized carbons (Fsp3) is 0.300. The van der Waals surface area contributed by atoms with Crippen LogP contribution in [0.3, 0.4) is 0 Å². The van der Waals surface area contributed by atoms with Gasteiger partial charge in [-0.15, -0.1) is 0 Å². The van der Waals surface area contributed by atoms with E-state index in [1.807, 2.05) is 29.2 Å². The van der Waals surface area contributed by atoms with E-state index in [4.69, 9.17) is 0 Å². The first-order valence-electron chi connectivity index (χ1n) is 8.80. The number of nitrogens with one attached hydrogen (secondary N) is 1. The van der Waals surface area contributed by atoms with Crippen molar-refractivity contribution in [1.82, 2.24) is 20.1 Å². The van der Waals surface area contributed by atoms with Gasteiger partial charge in [0, 0.05) is 50.3 Å². The van der Waals surface area contributed by atoms with Crippen molar-refractivity contribution in [2.45, 2.75) is 26.9 Å². The Balaban J connectivity index is 1.65. The maximum absolute atomic E-state index is 4.57. The second-order valence-electron chi connectivity index (χ2n) is 5.88. The number of anilines is 1. The quantitative estimate of drug-likeness (QED) is 0.685. The number of hydrogen-bond donors (Lipinski definition) is 1. The average molecular weight is 335 g/mol. The summed E-state index contributed by atoms with van der Waals surface area (Å²) in [5.74, 6) is 1.07. The second kappa shape index (κ2) is 8.44. The van der Waals surface area contributed by atoms with Crippen LogP contribution in [0.4, 0.5) is 5.82 Å². The number of rotatable bonds is 8. The third-order valence-electron chi connectivity index (χ3n) is 4.25. The molecule has 0 aliphatic heterocycles. The van der Waals surface area contributed by atoms with Crippen molar-refractivity contribution in [2.75, 3.05) is 18.0 Å². The van der Waals surface area contributed by atoms with Crippen molar-refractivity contribution in [3.05, 3.63) is 72.2 Å². The Morgan fingerprint density at radius 2 is 1.88 bits per heavy atom. The highest BCUT2D eigenvalue weighted by Crippen LogP contribution is 2.17. The molecule has 0 aliphatic rings. The zero-order chi connectivity index (χ0) is 17.5. The molecule has 2 heterocycles. The maximum atomic E-state index is 4.57. The molecule has 0 aliphatic carbocycles. The average Bonchev–Trinajstić information content (AvgIpc) is 3.19. The summed E-state index contributed by atoms with van der Waals surface area (Å²) in [5, 5.41) is 7.83. The molecular weight excluding hydrogens is 310 g/mol. The van der Waals surface area contributed by atoms with Crippen molar-refractivity contribution in [3.63, 3.8) is 0 Å². The van der Waals surface area contributed by atoms with E-state index in [2.05, 4.69) is 64.5 Å². The molecule has 0 bridgehead atoms. The summed E-state index contributed by atoms with van der Waals surface area (Å²) in [6, 6.07) is 14.5. The molecule has 0 spiro atoms. The van der Waals surface area contributed by atoms with Gasteiger partial charge in [0.2, 0.25) is 0 Å². The van der Waals surface area contributed by atoms with Crippen LogP contribution in [0.15, 0.2) is 61.1 Å². The summed E-state index contributed by atoms with van der Waals surface area (Å²) in [5.41, 5.74) is 3.55. The lowest BCUT2D eigenvalue weighted by atomic mass is 10.2. The van der Waals surface area contributed by atoms with Gasteiger partial charge in [0.25, 0.3) is 0 Å². The molecule has 0 unspecified atom stereocenters. The van der Waals surface area contributed by atoms with Crippen molar-refractivity contribution in [1.29, 1.82) is 0 Å². The summed E-state index contributed by atoms with van der Waals surface area (Å²) < 4.78 is 1.88. The zero-order valence-electron chi connectivity index (χ0n) is 14.9. The zero-order valence-corrected chi connectivity index (χ0v) is 14.9. The lowest BCUT2D eigenvalue weighted by molar-refractivity contribution is 0.685. The third kappa shape index (κ3) is 4.25. The minimum Gasteiger partial charge on any atom is -0.357 e. The van der Waals surface area contributed by atoms with Crippen LogP contribution in [0.25, 0.3) is 5.69 Å². The van der Waals surface area contributed by atoms with Gasteiger partial charge in [0.15, 0.2) is 0 Å². The van der Waals surface area contributed by atoms with Gasteiger partial charge in [-0.1, -0.05) is 18.2 Å². The van der Waals surface area contributed by atoms with Gasteiger partial charge in [-0.25, -0.2) is 9.67 Å². The van der Waals surface area contributed by atoms with Crippen molar-refractivity contribution in [3.8, 4) is 5.69 Å². The smallest absolute Gasteiger partial charge is 0.132 e. The van der Waals surface area contributed by atoms with E-state index in [-0.39, 0.29) is 0 Å². The van der Waals surface area contributed by atoms with Crippen LogP contribution in [-0.2, 0) is 13.1 Å². The third-order valence-corrected chi connectivity index (χ3v) is 4.25. The van der Waals surface area contributed by atoms with Crippen LogP contribution in [0, 0.1) is 0 Å².